The monoisotopic (exact) mass is 348 g/mol. The lowest BCUT2D eigenvalue weighted by atomic mass is 9.80. The second kappa shape index (κ2) is 7.00. The van der Waals surface area contributed by atoms with Crippen LogP contribution in [0, 0.1) is 6.92 Å². The number of nitrogens with one attached hydrogen (secondary N) is 2. The first-order valence-electron chi connectivity index (χ1n) is 7.24. The Hall–Kier alpha value is -1.41. The Bertz CT molecular complexity index is 574. The molecule has 8 heteroatoms. The lowest BCUT2D eigenvalue weighted by Gasteiger charge is -2.36. The number of aliphatic hydroxyl groups is 1. The van der Waals surface area contributed by atoms with Crippen LogP contribution in [-0.4, -0.2) is 35.2 Å². The zero-order chi connectivity index (χ0) is 17.1. The molecule has 0 heterocycles. The van der Waals surface area contributed by atoms with Gasteiger partial charge in [0.05, 0.1) is 17.0 Å². The summed E-state index contributed by atoms with van der Waals surface area (Å²) in [6.07, 6.45) is -2.06. The Balaban J connectivity index is 1.96. The van der Waals surface area contributed by atoms with Gasteiger partial charge in [-0.2, -0.15) is 13.2 Å². The van der Waals surface area contributed by atoms with Crippen molar-refractivity contribution in [2.24, 2.45) is 0 Å². The molecule has 0 radical (unpaired) electrons. The highest BCUT2D eigenvalue weighted by Crippen LogP contribution is 2.33. The Morgan fingerprint density at radius 2 is 2.09 bits per heavy atom. The van der Waals surface area contributed by atoms with Gasteiger partial charge in [0, 0.05) is 11.4 Å². The van der Waals surface area contributed by atoms with Crippen LogP contribution in [0.15, 0.2) is 23.1 Å². The molecule has 2 rings (SSSR count). The zero-order valence-electron chi connectivity index (χ0n) is 12.7. The Morgan fingerprint density at radius 1 is 1.39 bits per heavy atom. The van der Waals surface area contributed by atoms with E-state index in [0.29, 0.717) is 35.2 Å². The highest BCUT2D eigenvalue weighted by Gasteiger charge is 2.34. The van der Waals surface area contributed by atoms with Gasteiger partial charge >= 0.3 is 12.2 Å². The standard InChI is InChI=1S/C15H19F3N2O2S/c1-10-3-4-12(23-9-15(16,17)18)11(7-10)20-13(21)19-8-14(22)5-2-6-14/h3-4,7,22H,2,5-6,8-9H2,1H3,(H2,19,20,21). The normalized spacial score (nSPS) is 16.6. The molecule has 4 nitrogen and oxygen atoms in total. The molecule has 1 aromatic rings. The molecule has 0 saturated heterocycles. The zero-order valence-corrected chi connectivity index (χ0v) is 13.5. The predicted molar refractivity (Wildman–Crippen MR) is 83.8 cm³/mol. The third-order valence-electron chi connectivity index (χ3n) is 3.64. The highest BCUT2D eigenvalue weighted by molar-refractivity contribution is 7.99. The number of alkyl halides is 3. The van der Waals surface area contributed by atoms with Gasteiger partial charge in [0.2, 0.25) is 0 Å². The van der Waals surface area contributed by atoms with Crippen molar-refractivity contribution in [2.45, 2.75) is 42.9 Å². The van der Waals surface area contributed by atoms with E-state index in [-0.39, 0.29) is 6.54 Å². The first-order chi connectivity index (χ1) is 10.7. The van der Waals surface area contributed by atoms with Crippen LogP contribution in [0.2, 0.25) is 0 Å². The van der Waals surface area contributed by atoms with Crippen molar-refractivity contribution in [2.75, 3.05) is 17.6 Å². The van der Waals surface area contributed by atoms with Gasteiger partial charge in [-0.1, -0.05) is 6.07 Å². The smallest absolute Gasteiger partial charge is 0.388 e. The molecule has 128 valence electrons. The second-order valence-electron chi connectivity index (χ2n) is 5.79. The number of carbonyl (C=O) groups excluding carboxylic acids is 1. The summed E-state index contributed by atoms with van der Waals surface area (Å²) < 4.78 is 37.1. The lowest BCUT2D eigenvalue weighted by Crippen LogP contribution is -2.48. The number of rotatable bonds is 5. The molecule has 1 aliphatic carbocycles. The molecule has 0 aromatic heterocycles. The fourth-order valence-electron chi connectivity index (χ4n) is 2.20. The summed E-state index contributed by atoms with van der Waals surface area (Å²) in [4.78, 5) is 12.3. The predicted octanol–water partition coefficient (Wildman–Crippen LogP) is 3.69. The van der Waals surface area contributed by atoms with Crippen molar-refractivity contribution in [3.63, 3.8) is 0 Å². The van der Waals surface area contributed by atoms with E-state index < -0.39 is 23.6 Å². The van der Waals surface area contributed by atoms with Crippen LogP contribution in [0.3, 0.4) is 0 Å². The van der Waals surface area contributed by atoms with E-state index in [1.807, 2.05) is 0 Å². The fourth-order valence-corrected chi connectivity index (χ4v) is 2.95. The van der Waals surface area contributed by atoms with Crippen molar-refractivity contribution in [1.82, 2.24) is 5.32 Å². The first-order valence-corrected chi connectivity index (χ1v) is 8.23. The Morgan fingerprint density at radius 3 is 2.65 bits per heavy atom. The van der Waals surface area contributed by atoms with E-state index in [4.69, 9.17) is 0 Å². The van der Waals surface area contributed by atoms with Crippen molar-refractivity contribution < 1.29 is 23.1 Å². The SMILES string of the molecule is Cc1ccc(SCC(F)(F)F)c(NC(=O)NCC2(O)CCC2)c1. The number of amides is 2. The van der Waals surface area contributed by atoms with Crippen LogP contribution in [-0.2, 0) is 0 Å². The summed E-state index contributed by atoms with van der Waals surface area (Å²) in [5.41, 5.74) is 0.310. The maximum atomic E-state index is 12.4. The van der Waals surface area contributed by atoms with Crippen molar-refractivity contribution in [3.8, 4) is 0 Å². The lowest BCUT2D eigenvalue weighted by molar-refractivity contribution is -0.105. The molecule has 1 aromatic carbocycles. The van der Waals surface area contributed by atoms with E-state index in [2.05, 4.69) is 10.6 Å². The molecule has 1 fully saturated rings. The van der Waals surface area contributed by atoms with Crippen molar-refractivity contribution in [1.29, 1.82) is 0 Å². The number of aryl methyl sites for hydroxylation is 1. The molecule has 0 spiro atoms. The summed E-state index contributed by atoms with van der Waals surface area (Å²) in [5, 5.41) is 15.0. The minimum Gasteiger partial charge on any atom is -0.388 e. The molecular formula is C15H19F3N2O2S. The minimum absolute atomic E-state index is 0.135. The van der Waals surface area contributed by atoms with Crippen LogP contribution in [0.1, 0.15) is 24.8 Å². The molecular weight excluding hydrogens is 329 g/mol. The number of anilines is 1. The highest BCUT2D eigenvalue weighted by atomic mass is 32.2. The van der Waals surface area contributed by atoms with Gasteiger partial charge in [0.25, 0.3) is 0 Å². The number of benzene rings is 1. The number of urea groups is 1. The number of hydrogen-bond acceptors (Lipinski definition) is 3. The molecule has 2 amide bonds. The minimum atomic E-state index is -4.28. The van der Waals surface area contributed by atoms with Gasteiger partial charge in [0.15, 0.2) is 0 Å². The summed E-state index contributed by atoms with van der Waals surface area (Å²) in [7, 11) is 0. The number of carbonyl (C=O) groups is 1. The van der Waals surface area contributed by atoms with Crippen LogP contribution in [0.25, 0.3) is 0 Å². The van der Waals surface area contributed by atoms with E-state index in [9.17, 15) is 23.1 Å². The summed E-state index contributed by atoms with van der Waals surface area (Å²) in [6.45, 7) is 1.92. The van der Waals surface area contributed by atoms with Crippen LogP contribution >= 0.6 is 11.8 Å². The number of thioether (sulfide) groups is 1. The molecule has 0 bridgehead atoms. The molecule has 3 N–H and O–H groups in total. The third kappa shape index (κ3) is 5.62. The van der Waals surface area contributed by atoms with Gasteiger partial charge in [-0.3, -0.25) is 0 Å². The third-order valence-corrected chi connectivity index (χ3v) is 4.78. The second-order valence-corrected chi connectivity index (χ2v) is 6.81. The quantitative estimate of drug-likeness (QED) is 0.711. The average molecular weight is 348 g/mol. The maximum Gasteiger partial charge on any atom is 0.398 e. The summed E-state index contributed by atoms with van der Waals surface area (Å²) in [5.74, 6) is -1.02. The van der Waals surface area contributed by atoms with Gasteiger partial charge in [-0.05, 0) is 43.9 Å². The van der Waals surface area contributed by atoms with E-state index in [1.165, 1.54) is 0 Å². The summed E-state index contributed by atoms with van der Waals surface area (Å²) in [6, 6.07) is 4.33. The molecule has 0 aliphatic heterocycles. The van der Waals surface area contributed by atoms with Gasteiger partial charge in [-0.15, -0.1) is 11.8 Å². The van der Waals surface area contributed by atoms with E-state index in [0.717, 1.165) is 12.0 Å². The number of halogens is 3. The average Bonchev–Trinajstić information content (AvgIpc) is 2.41. The van der Waals surface area contributed by atoms with Gasteiger partial charge in [0.1, 0.15) is 0 Å². The van der Waals surface area contributed by atoms with E-state index >= 15 is 0 Å². The van der Waals surface area contributed by atoms with Crippen molar-refractivity contribution in [3.05, 3.63) is 23.8 Å². The van der Waals surface area contributed by atoms with Crippen LogP contribution < -0.4 is 10.6 Å². The van der Waals surface area contributed by atoms with Gasteiger partial charge < -0.3 is 15.7 Å². The molecule has 0 unspecified atom stereocenters. The Kier molecular flexibility index (Phi) is 5.46. The largest absolute Gasteiger partial charge is 0.398 e. The first kappa shape index (κ1) is 17.9. The number of hydrogen-bond donors (Lipinski definition) is 3. The summed E-state index contributed by atoms with van der Waals surface area (Å²) >= 11 is 0.627. The molecule has 1 aliphatic rings. The van der Waals surface area contributed by atoms with Crippen LogP contribution in [0.4, 0.5) is 23.7 Å². The maximum absolute atomic E-state index is 12.4. The Labute approximate surface area is 136 Å². The van der Waals surface area contributed by atoms with E-state index in [1.54, 1.807) is 25.1 Å². The topological polar surface area (TPSA) is 61.4 Å². The fraction of sp³-hybridized carbons (Fsp3) is 0.533. The molecule has 1 saturated carbocycles. The van der Waals surface area contributed by atoms with Crippen molar-refractivity contribution >= 4 is 23.5 Å². The molecule has 0 atom stereocenters. The molecule has 23 heavy (non-hydrogen) atoms. The van der Waals surface area contributed by atoms with Crippen LogP contribution in [0.5, 0.6) is 0 Å². The van der Waals surface area contributed by atoms with Gasteiger partial charge in [-0.25, -0.2) is 4.79 Å².